The van der Waals surface area contributed by atoms with E-state index in [1.165, 1.54) is 4.57 Å². The van der Waals surface area contributed by atoms with E-state index in [0.717, 1.165) is 10.9 Å². The lowest BCUT2D eigenvalue weighted by molar-refractivity contribution is 0.0988. The lowest BCUT2D eigenvalue weighted by Gasteiger charge is -2.18. The molecule has 0 saturated carbocycles. The number of carbonyl (C=O) groups excluding carboxylic acids is 1. The largest absolute Gasteiger partial charge is 0.364 e. The van der Waals surface area contributed by atoms with Gasteiger partial charge < -0.3 is 10.3 Å². The first-order valence-corrected chi connectivity index (χ1v) is 5.88. The van der Waals surface area contributed by atoms with Crippen LogP contribution in [-0.4, -0.2) is 10.5 Å². The van der Waals surface area contributed by atoms with E-state index in [0.29, 0.717) is 11.1 Å². The summed E-state index contributed by atoms with van der Waals surface area (Å²) in [6.07, 6.45) is 0. The van der Waals surface area contributed by atoms with E-state index in [-0.39, 0.29) is 11.6 Å². The Morgan fingerprint density at radius 2 is 1.78 bits per heavy atom. The topological polar surface area (TPSA) is 65.1 Å². The fourth-order valence-electron chi connectivity index (χ4n) is 2.33. The highest BCUT2D eigenvalue weighted by molar-refractivity contribution is 5.98. The Bertz CT molecular complexity index is 684. The quantitative estimate of drug-likeness (QED) is 0.878. The molecule has 1 amide bonds. The highest BCUT2D eigenvalue weighted by atomic mass is 16.2. The van der Waals surface area contributed by atoms with Gasteiger partial charge in [0.2, 0.25) is 0 Å². The van der Waals surface area contributed by atoms with Gasteiger partial charge in [-0.15, -0.1) is 0 Å². The number of pyridine rings is 1. The third-order valence-electron chi connectivity index (χ3n) is 3.13. The minimum absolute atomic E-state index is 0.108. The molecule has 4 nitrogen and oxygen atoms in total. The molecule has 2 rings (SSSR count). The van der Waals surface area contributed by atoms with Crippen LogP contribution in [0.15, 0.2) is 29.1 Å². The molecular formula is C14H16N2O2. The molecule has 0 aliphatic rings. The fraction of sp³-hybridized carbons (Fsp3) is 0.286. The average molecular weight is 244 g/mol. The molecule has 94 valence electrons. The molecule has 1 heterocycles. The Kier molecular flexibility index (Phi) is 2.95. The zero-order chi connectivity index (χ0) is 13.4. The minimum atomic E-state index is -0.566. The molecule has 1 aromatic heterocycles. The van der Waals surface area contributed by atoms with Gasteiger partial charge in [-0.1, -0.05) is 18.2 Å². The van der Waals surface area contributed by atoms with E-state index in [2.05, 4.69) is 0 Å². The maximum atomic E-state index is 12.4. The Morgan fingerprint density at radius 1 is 1.22 bits per heavy atom. The molecule has 0 unspecified atom stereocenters. The van der Waals surface area contributed by atoms with E-state index < -0.39 is 5.91 Å². The Balaban J connectivity index is 3.06. The van der Waals surface area contributed by atoms with Crippen LogP contribution in [-0.2, 0) is 0 Å². The number of aromatic nitrogens is 1. The van der Waals surface area contributed by atoms with Crippen LogP contribution in [0.4, 0.5) is 0 Å². The van der Waals surface area contributed by atoms with Crippen molar-refractivity contribution in [3.05, 3.63) is 45.9 Å². The summed E-state index contributed by atoms with van der Waals surface area (Å²) in [5, 5.41) is 1.40. The number of hydrogen-bond acceptors (Lipinski definition) is 2. The molecule has 2 aromatic rings. The Labute approximate surface area is 105 Å². The molecule has 0 fully saturated rings. The van der Waals surface area contributed by atoms with E-state index in [1.807, 2.05) is 39.0 Å². The molecule has 0 atom stereocenters. The molecule has 0 bridgehead atoms. The van der Waals surface area contributed by atoms with Gasteiger partial charge in [0.15, 0.2) is 0 Å². The van der Waals surface area contributed by atoms with Gasteiger partial charge in [-0.2, -0.15) is 0 Å². The number of fused-ring (bicyclic) bond motifs is 1. The number of amides is 1. The normalized spacial score (nSPS) is 11.1. The summed E-state index contributed by atoms with van der Waals surface area (Å²) in [5.74, 6) is -0.566. The lowest BCUT2D eigenvalue weighted by Crippen LogP contribution is -2.31. The van der Waals surface area contributed by atoms with Crippen LogP contribution in [0.1, 0.15) is 35.9 Å². The molecule has 0 aliphatic heterocycles. The Hall–Kier alpha value is -2.10. The molecule has 0 spiro atoms. The minimum Gasteiger partial charge on any atom is -0.364 e. The fourth-order valence-corrected chi connectivity index (χ4v) is 2.33. The average Bonchev–Trinajstić information content (AvgIpc) is 2.32. The zero-order valence-electron chi connectivity index (χ0n) is 10.7. The highest BCUT2D eigenvalue weighted by Crippen LogP contribution is 2.20. The van der Waals surface area contributed by atoms with Crippen LogP contribution in [0.25, 0.3) is 10.8 Å². The number of nitrogens with zero attached hydrogens (tertiary/aromatic N) is 1. The van der Waals surface area contributed by atoms with Gasteiger partial charge in [0.25, 0.3) is 11.5 Å². The lowest BCUT2D eigenvalue weighted by atomic mass is 10.0. The number of nitrogens with two attached hydrogens (primary N) is 1. The Morgan fingerprint density at radius 3 is 2.28 bits per heavy atom. The van der Waals surface area contributed by atoms with Crippen molar-refractivity contribution in [2.75, 3.05) is 0 Å². The standard InChI is InChI=1S/C14H16N2O2/c1-8(2)16-12(13(15)17)9(3)10-6-4-5-7-11(10)14(16)18/h4-8H,1-3H3,(H2,15,17). The number of hydrogen-bond donors (Lipinski definition) is 1. The van der Waals surface area contributed by atoms with Gasteiger partial charge in [0.1, 0.15) is 5.69 Å². The van der Waals surface area contributed by atoms with Gasteiger partial charge in [-0.25, -0.2) is 0 Å². The predicted molar refractivity (Wildman–Crippen MR) is 71.8 cm³/mol. The van der Waals surface area contributed by atoms with Crippen LogP contribution in [0, 0.1) is 6.92 Å². The molecule has 4 heteroatoms. The van der Waals surface area contributed by atoms with Gasteiger partial charge >= 0.3 is 0 Å². The van der Waals surface area contributed by atoms with Gasteiger partial charge in [0, 0.05) is 11.4 Å². The van der Waals surface area contributed by atoms with Crippen LogP contribution in [0.5, 0.6) is 0 Å². The number of carbonyl (C=O) groups is 1. The first kappa shape index (κ1) is 12.4. The van der Waals surface area contributed by atoms with Crippen LogP contribution >= 0.6 is 0 Å². The van der Waals surface area contributed by atoms with Crippen molar-refractivity contribution in [1.29, 1.82) is 0 Å². The second-order valence-electron chi connectivity index (χ2n) is 4.65. The van der Waals surface area contributed by atoms with E-state index in [4.69, 9.17) is 5.73 Å². The van der Waals surface area contributed by atoms with Crippen LogP contribution < -0.4 is 11.3 Å². The molecule has 0 radical (unpaired) electrons. The van der Waals surface area contributed by atoms with Crippen molar-refractivity contribution in [3.63, 3.8) is 0 Å². The second kappa shape index (κ2) is 4.29. The molecule has 18 heavy (non-hydrogen) atoms. The van der Waals surface area contributed by atoms with Crippen LogP contribution in [0.3, 0.4) is 0 Å². The smallest absolute Gasteiger partial charge is 0.265 e. The number of rotatable bonds is 2. The summed E-state index contributed by atoms with van der Waals surface area (Å²) in [4.78, 5) is 24.0. The van der Waals surface area contributed by atoms with E-state index in [1.54, 1.807) is 6.07 Å². The number of aryl methyl sites for hydroxylation is 1. The van der Waals surface area contributed by atoms with E-state index in [9.17, 15) is 9.59 Å². The van der Waals surface area contributed by atoms with Crippen molar-refractivity contribution in [2.45, 2.75) is 26.8 Å². The van der Waals surface area contributed by atoms with Crippen molar-refractivity contribution < 1.29 is 4.79 Å². The SMILES string of the molecule is Cc1c(C(N)=O)n(C(C)C)c(=O)c2ccccc12. The van der Waals surface area contributed by atoms with Gasteiger partial charge in [-0.3, -0.25) is 9.59 Å². The van der Waals surface area contributed by atoms with Crippen molar-refractivity contribution >= 4 is 16.7 Å². The number of primary amides is 1. The van der Waals surface area contributed by atoms with Gasteiger partial charge in [-0.05, 0) is 37.8 Å². The number of benzene rings is 1. The van der Waals surface area contributed by atoms with Crippen molar-refractivity contribution in [2.24, 2.45) is 5.73 Å². The maximum absolute atomic E-state index is 12.4. The third kappa shape index (κ3) is 1.70. The summed E-state index contributed by atoms with van der Waals surface area (Å²) in [6, 6.07) is 7.16. The highest BCUT2D eigenvalue weighted by Gasteiger charge is 2.18. The molecule has 1 aromatic carbocycles. The van der Waals surface area contributed by atoms with Gasteiger partial charge in [0.05, 0.1) is 0 Å². The third-order valence-corrected chi connectivity index (χ3v) is 3.13. The molecule has 0 saturated heterocycles. The first-order chi connectivity index (χ1) is 8.45. The first-order valence-electron chi connectivity index (χ1n) is 5.88. The molecule has 2 N–H and O–H groups in total. The summed E-state index contributed by atoms with van der Waals surface area (Å²) >= 11 is 0. The maximum Gasteiger partial charge on any atom is 0.265 e. The zero-order valence-corrected chi connectivity index (χ0v) is 10.7. The summed E-state index contributed by atoms with van der Waals surface area (Å²) in [7, 11) is 0. The van der Waals surface area contributed by atoms with E-state index >= 15 is 0 Å². The molecular weight excluding hydrogens is 228 g/mol. The predicted octanol–water partition coefficient (Wildman–Crippen LogP) is 1.99. The monoisotopic (exact) mass is 244 g/mol. The van der Waals surface area contributed by atoms with Crippen LogP contribution in [0.2, 0.25) is 0 Å². The summed E-state index contributed by atoms with van der Waals surface area (Å²) in [6.45, 7) is 5.55. The molecule has 0 aliphatic carbocycles. The second-order valence-corrected chi connectivity index (χ2v) is 4.65. The van der Waals surface area contributed by atoms with Crippen molar-refractivity contribution in [1.82, 2.24) is 4.57 Å². The summed E-state index contributed by atoms with van der Waals surface area (Å²) in [5.41, 5.74) is 6.30. The van der Waals surface area contributed by atoms with Crippen molar-refractivity contribution in [3.8, 4) is 0 Å². The summed E-state index contributed by atoms with van der Waals surface area (Å²) < 4.78 is 1.47.